The molecule has 1 unspecified atom stereocenters. The highest BCUT2D eigenvalue weighted by molar-refractivity contribution is 7.71. The summed E-state index contributed by atoms with van der Waals surface area (Å²) in [5, 5.41) is 16.3. The van der Waals surface area contributed by atoms with Crippen molar-refractivity contribution in [1.29, 1.82) is 0 Å². The van der Waals surface area contributed by atoms with Gasteiger partial charge in [0.15, 0.2) is 10.6 Å². The predicted molar refractivity (Wildman–Crippen MR) is 101 cm³/mol. The highest BCUT2D eigenvalue weighted by Gasteiger charge is 2.18. The minimum Gasteiger partial charge on any atom is -0.267 e. The van der Waals surface area contributed by atoms with Gasteiger partial charge < -0.3 is 0 Å². The van der Waals surface area contributed by atoms with Crippen LogP contribution in [-0.4, -0.2) is 34.3 Å². The zero-order valence-corrected chi connectivity index (χ0v) is 15.4. The molecule has 3 heterocycles. The first-order valence-electron chi connectivity index (χ1n) is 8.37. The minimum atomic E-state index is -0.0610. The number of rotatable bonds is 5. The Balaban J connectivity index is 1.66. The van der Waals surface area contributed by atoms with Gasteiger partial charge in [0.2, 0.25) is 0 Å². The van der Waals surface area contributed by atoms with Crippen molar-refractivity contribution >= 4 is 12.2 Å². The Morgan fingerprint density at radius 1 is 1.19 bits per heavy atom. The maximum absolute atomic E-state index is 5.45. The summed E-state index contributed by atoms with van der Waals surface area (Å²) in [5.41, 5.74) is 3.04. The van der Waals surface area contributed by atoms with Gasteiger partial charge >= 0.3 is 0 Å². The van der Waals surface area contributed by atoms with Crippen LogP contribution >= 0.6 is 12.2 Å². The molecule has 0 bridgehead atoms. The molecule has 4 rings (SSSR count). The summed E-state index contributed by atoms with van der Waals surface area (Å²) in [7, 11) is 0. The Morgan fingerprint density at radius 3 is 2.73 bits per heavy atom. The molecule has 8 heteroatoms. The summed E-state index contributed by atoms with van der Waals surface area (Å²) in [6.45, 7) is 4.71. The molecule has 3 aromatic heterocycles. The van der Waals surface area contributed by atoms with Gasteiger partial charge in [-0.15, -0.1) is 0 Å². The van der Waals surface area contributed by atoms with Crippen molar-refractivity contribution in [2.45, 2.75) is 26.4 Å². The topological polar surface area (TPSA) is 69.2 Å². The number of hydrogen-bond acceptors (Lipinski definition) is 4. The van der Waals surface area contributed by atoms with E-state index in [4.69, 9.17) is 12.2 Å². The maximum atomic E-state index is 5.45. The fraction of sp³-hybridized carbons (Fsp3) is 0.222. The number of aromatic nitrogens is 7. The Hall–Kier alpha value is -3.00. The van der Waals surface area contributed by atoms with Crippen LogP contribution in [0, 0.1) is 11.7 Å². The molecule has 0 aliphatic rings. The van der Waals surface area contributed by atoms with Crippen molar-refractivity contribution in [3.05, 3.63) is 76.8 Å². The van der Waals surface area contributed by atoms with E-state index in [-0.39, 0.29) is 6.04 Å². The standard InChI is InChI=1S/C18H19N7S/c1-13-8-9-24(22-13)14(2)17-20-21-18(26)25(17)16-10-19-23(12-16)11-15-6-4-3-5-7-15/h3-10,12,14H,11H2,1-2H3,(H,21,26). The molecule has 4 aromatic rings. The van der Waals surface area contributed by atoms with Gasteiger partial charge in [-0.05, 0) is 37.7 Å². The SMILES string of the molecule is Cc1ccn(C(C)c2n[nH]c(=S)n2-c2cnn(Cc3ccccc3)c2)n1. The molecular weight excluding hydrogens is 346 g/mol. The Morgan fingerprint density at radius 2 is 2.00 bits per heavy atom. The first-order valence-corrected chi connectivity index (χ1v) is 8.78. The molecule has 1 N–H and O–H groups in total. The maximum Gasteiger partial charge on any atom is 0.200 e. The number of aryl methyl sites for hydroxylation is 1. The molecule has 0 spiro atoms. The third-order valence-corrected chi connectivity index (χ3v) is 4.55. The van der Waals surface area contributed by atoms with Crippen molar-refractivity contribution in [3.63, 3.8) is 0 Å². The van der Waals surface area contributed by atoms with Crippen LogP contribution in [0.15, 0.2) is 55.0 Å². The fourth-order valence-electron chi connectivity index (χ4n) is 2.93. The Labute approximate surface area is 155 Å². The van der Waals surface area contributed by atoms with Crippen molar-refractivity contribution in [2.24, 2.45) is 0 Å². The van der Waals surface area contributed by atoms with Gasteiger partial charge in [0.25, 0.3) is 0 Å². The van der Waals surface area contributed by atoms with Crippen LogP contribution in [0.3, 0.4) is 0 Å². The fourth-order valence-corrected chi connectivity index (χ4v) is 3.18. The molecule has 0 radical (unpaired) electrons. The van der Waals surface area contributed by atoms with E-state index >= 15 is 0 Å². The molecule has 0 aliphatic heterocycles. The average Bonchev–Trinajstić information content (AvgIpc) is 3.35. The zero-order chi connectivity index (χ0) is 18.1. The number of nitrogens with one attached hydrogen (secondary N) is 1. The highest BCUT2D eigenvalue weighted by Crippen LogP contribution is 2.20. The number of benzene rings is 1. The van der Waals surface area contributed by atoms with Crippen LogP contribution in [-0.2, 0) is 6.54 Å². The number of aromatic amines is 1. The summed E-state index contributed by atoms with van der Waals surface area (Å²) in [6, 6.07) is 12.1. The third-order valence-electron chi connectivity index (χ3n) is 4.28. The van der Waals surface area contributed by atoms with Crippen LogP contribution in [0.4, 0.5) is 0 Å². The Kier molecular flexibility index (Phi) is 4.26. The van der Waals surface area contributed by atoms with Gasteiger partial charge in [-0.25, -0.2) is 0 Å². The molecule has 0 aliphatic carbocycles. The van der Waals surface area contributed by atoms with Crippen LogP contribution in [0.25, 0.3) is 5.69 Å². The summed E-state index contributed by atoms with van der Waals surface area (Å²) in [4.78, 5) is 0. The molecule has 1 atom stereocenters. The van der Waals surface area contributed by atoms with Gasteiger partial charge in [0.1, 0.15) is 6.04 Å². The van der Waals surface area contributed by atoms with Crippen molar-refractivity contribution in [2.75, 3.05) is 0 Å². The molecule has 7 nitrogen and oxygen atoms in total. The van der Waals surface area contributed by atoms with Crippen LogP contribution < -0.4 is 0 Å². The Bertz CT molecular complexity index is 1070. The van der Waals surface area contributed by atoms with E-state index in [1.165, 1.54) is 5.56 Å². The van der Waals surface area contributed by atoms with Crippen molar-refractivity contribution < 1.29 is 0 Å². The summed E-state index contributed by atoms with van der Waals surface area (Å²) in [5.74, 6) is 0.789. The predicted octanol–water partition coefficient (Wildman–Crippen LogP) is 3.29. The van der Waals surface area contributed by atoms with E-state index < -0.39 is 0 Å². The lowest BCUT2D eigenvalue weighted by Gasteiger charge is -2.12. The molecule has 0 fully saturated rings. The normalized spacial score (nSPS) is 12.4. The third kappa shape index (κ3) is 3.11. The van der Waals surface area contributed by atoms with Crippen LogP contribution in [0.2, 0.25) is 0 Å². The molecule has 0 saturated carbocycles. The number of hydrogen-bond donors (Lipinski definition) is 1. The number of H-pyrrole nitrogens is 1. The average molecular weight is 365 g/mol. The second-order valence-corrected chi connectivity index (χ2v) is 6.60. The van der Waals surface area contributed by atoms with Crippen LogP contribution in [0.5, 0.6) is 0 Å². The lowest BCUT2D eigenvalue weighted by atomic mass is 10.2. The van der Waals surface area contributed by atoms with Crippen molar-refractivity contribution in [1.82, 2.24) is 34.3 Å². The molecular formula is C18H19N7S. The zero-order valence-electron chi connectivity index (χ0n) is 14.6. The largest absolute Gasteiger partial charge is 0.267 e. The van der Waals surface area contributed by atoms with E-state index in [0.29, 0.717) is 11.3 Å². The summed E-state index contributed by atoms with van der Waals surface area (Å²) in [6.07, 6.45) is 5.72. The van der Waals surface area contributed by atoms with Gasteiger partial charge in [-0.1, -0.05) is 30.3 Å². The van der Waals surface area contributed by atoms with Crippen LogP contribution in [0.1, 0.15) is 30.0 Å². The summed E-state index contributed by atoms with van der Waals surface area (Å²) < 4.78 is 6.22. The van der Waals surface area contributed by atoms with Gasteiger partial charge in [-0.2, -0.15) is 15.3 Å². The lowest BCUT2D eigenvalue weighted by molar-refractivity contribution is 0.524. The first-order chi connectivity index (χ1) is 12.6. The van der Waals surface area contributed by atoms with E-state index in [9.17, 15) is 0 Å². The van der Waals surface area contributed by atoms with Crippen molar-refractivity contribution in [3.8, 4) is 5.69 Å². The smallest absolute Gasteiger partial charge is 0.200 e. The van der Waals surface area contributed by atoms with E-state index in [1.54, 1.807) is 6.20 Å². The molecule has 132 valence electrons. The lowest BCUT2D eigenvalue weighted by Crippen LogP contribution is -2.13. The van der Waals surface area contributed by atoms with Gasteiger partial charge in [-0.3, -0.25) is 19.0 Å². The molecule has 0 saturated heterocycles. The second-order valence-electron chi connectivity index (χ2n) is 6.22. The van der Waals surface area contributed by atoms with Gasteiger partial charge in [0.05, 0.1) is 24.1 Å². The first kappa shape index (κ1) is 16.5. The van der Waals surface area contributed by atoms with Gasteiger partial charge in [0, 0.05) is 12.4 Å². The minimum absolute atomic E-state index is 0.0610. The van der Waals surface area contributed by atoms with E-state index in [0.717, 1.165) is 17.2 Å². The quantitative estimate of drug-likeness (QED) is 0.551. The summed E-state index contributed by atoms with van der Waals surface area (Å²) >= 11 is 5.45. The second kappa shape index (κ2) is 6.72. The molecule has 1 aromatic carbocycles. The van der Waals surface area contributed by atoms with E-state index in [1.807, 2.05) is 64.4 Å². The highest BCUT2D eigenvalue weighted by atomic mass is 32.1. The number of nitrogens with zero attached hydrogens (tertiary/aromatic N) is 6. The molecule has 0 amide bonds. The van der Waals surface area contributed by atoms with E-state index in [2.05, 4.69) is 32.5 Å². The molecule has 26 heavy (non-hydrogen) atoms. The monoisotopic (exact) mass is 365 g/mol.